The van der Waals surface area contributed by atoms with Crippen molar-refractivity contribution in [2.75, 3.05) is 0 Å². The number of dihydropyridines is 1. The number of rotatable bonds is 3. The number of phenolic OH excluding ortho intramolecular Hbond substituents is 1. The van der Waals surface area contributed by atoms with Gasteiger partial charge >= 0.3 is 0 Å². The van der Waals surface area contributed by atoms with Gasteiger partial charge in [0.15, 0.2) is 0 Å². The average molecular weight is 507 g/mol. The van der Waals surface area contributed by atoms with E-state index in [0.717, 1.165) is 33.6 Å². The summed E-state index contributed by atoms with van der Waals surface area (Å²) in [6.45, 7) is 6.71. The molecule has 2 heterocycles. The minimum Gasteiger partial charge on any atom is -0.507 e. The minimum atomic E-state index is -0.0448. The van der Waals surface area contributed by atoms with Gasteiger partial charge in [-0.05, 0) is 80.9 Å². The molecule has 5 aromatic rings. The number of benzene rings is 4. The molecule has 1 unspecified atom stereocenters. The fourth-order valence-electron chi connectivity index (χ4n) is 6.46. The third kappa shape index (κ3) is 3.61. The second kappa shape index (κ2) is 8.71. The Morgan fingerprint density at radius 3 is 2.44 bits per heavy atom. The lowest BCUT2D eigenvalue weighted by Gasteiger charge is -2.28. The largest absolute Gasteiger partial charge is 0.507 e. The molecule has 0 amide bonds. The zero-order valence-electron chi connectivity index (χ0n) is 22.4. The van der Waals surface area contributed by atoms with E-state index >= 15 is 0 Å². The molecule has 0 saturated heterocycles. The van der Waals surface area contributed by atoms with Crippen LogP contribution in [0.5, 0.6) is 5.75 Å². The summed E-state index contributed by atoms with van der Waals surface area (Å²) in [4.78, 5) is 4.77. The van der Waals surface area contributed by atoms with Gasteiger partial charge in [-0.3, -0.25) is 4.98 Å². The van der Waals surface area contributed by atoms with Gasteiger partial charge in [0.05, 0.1) is 11.7 Å². The molecule has 0 saturated carbocycles. The van der Waals surface area contributed by atoms with Crippen LogP contribution in [0.15, 0.2) is 115 Å². The summed E-state index contributed by atoms with van der Waals surface area (Å²) in [6, 6.07) is 31.4. The highest BCUT2D eigenvalue weighted by Gasteiger charge is 2.43. The maximum atomic E-state index is 10.6. The van der Waals surface area contributed by atoms with Crippen molar-refractivity contribution in [2.24, 2.45) is 0 Å². The third-order valence-electron chi connectivity index (χ3n) is 8.48. The molecule has 2 N–H and O–H groups in total. The molecule has 2 aliphatic rings. The number of aryl methyl sites for hydroxylation is 1. The van der Waals surface area contributed by atoms with Gasteiger partial charge in [-0.2, -0.15) is 0 Å². The first-order chi connectivity index (χ1) is 18.9. The molecule has 7 rings (SSSR count). The number of nitrogens with one attached hydrogen (secondary N) is 1. The Bertz CT molecular complexity index is 1840. The zero-order chi connectivity index (χ0) is 26.7. The number of hydrogen-bond acceptors (Lipinski definition) is 3. The number of fused-ring (bicyclic) bond motifs is 4. The van der Waals surface area contributed by atoms with Gasteiger partial charge < -0.3 is 10.4 Å². The Kier molecular flexibility index (Phi) is 5.24. The van der Waals surface area contributed by atoms with E-state index < -0.39 is 0 Å². The topological polar surface area (TPSA) is 45.2 Å². The van der Waals surface area contributed by atoms with Crippen LogP contribution in [-0.4, -0.2) is 10.1 Å². The van der Waals surface area contributed by atoms with E-state index in [9.17, 15) is 5.11 Å². The molecule has 0 bridgehead atoms. The summed E-state index contributed by atoms with van der Waals surface area (Å²) >= 11 is 0. The quantitative estimate of drug-likeness (QED) is 0.258. The first-order valence-electron chi connectivity index (χ1n) is 13.5. The maximum Gasteiger partial charge on any atom is 0.123 e. The standard InChI is InChI=1S/C36H30N2O/c1-22-16-17-25(27-12-7-13-28(33(22)27)26-11-4-5-15-32(26)39)23-9-6-10-24(21-23)31-19-18-30-35(38-31)34-29(36(30,2)3)14-8-20-37-34/h4-21,35,38-39H,1-3H3. The Morgan fingerprint density at radius 1 is 0.769 bits per heavy atom. The Labute approximate surface area is 229 Å². The zero-order valence-corrected chi connectivity index (χ0v) is 22.4. The van der Waals surface area contributed by atoms with E-state index in [4.69, 9.17) is 4.98 Å². The lowest BCUT2D eigenvalue weighted by Crippen LogP contribution is -2.26. The molecule has 3 nitrogen and oxygen atoms in total. The maximum absolute atomic E-state index is 10.6. The minimum absolute atomic E-state index is 0.0448. The molecule has 1 aromatic heterocycles. The fourth-order valence-corrected chi connectivity index (χ4v) is 6.46. The molecule has 3 heteroatoms. The number of aromatic hydroxyl groups is 1. The average Bonchev–Trinajstić information content (AvgIpc) is 3.19. The first kappa shape index (κ1) is 23.5. The van der Waals surface area contributed by atoms with Crippen molar-refractivity contribution < 1.29 is 5.11 Å². The van der Waals surface area contributed by atoms with Gasteiger partial charge in [-0.25, -0.2) is 0 Å². The van der Waals surface area contributed by atoms with Crippen LogP contribution >= 0.6 is 0 Å². The molecule has 190 valence electrons. The smallest absolute Gasteiger partial charge is 0.123 e. The lowest BCUT2D eigenvalue weighted by atomic mass is 9.81. The van der Waals surface area contributed by atoms with Crippen LogP contribution in [0.2, 0.25) is 0 Å². The van der Waals surface area contributed by atoms with Crippen molar-refractivity contribution in [3.8, 4) is 28.0 Å². The van der Waals surface area contributed by atoms with Gasteiger partial charge in [0, 0.05) is 22.9 Å². The molecular weight excluding hydrogens is 476 g/mol. The lowest BCUT2D eigenvalue weighted by molar-refractivity contribution is 0.477. The molecule has 0 spiro atoms. The van der Waals surface area contributed by atoms with Crippen LogP contribution in [0, 0.1) is 6.92 Å². The molecular formula is C36H30N2O. The van der Waals surface area contributed by atoms with Crippen molar-refractivity contribution in [3.63, 3.8) is 0 Å². The Balaban J connectivity index is 1.32. The third-order valence-corrected chi connectivity index (χ3v) is 8.48. The highest BCUT2D eigenvalue weighted by atomic mass is 16.3. The second-order valence-electron chi connectivity index (χ2n) is 11.1. The molecule has 4 aromatic carbocycles. The normalized spacial score (nSPS) is 17.2. The predicted octanol–water partition coefficient (Wildman–Crippen LogP) is 8.49. The number of nitrogens with zero attached hydrogens (tertiary/aromatic N) is 1. The van der Waals surface area contributed by atoms with Crippen molar-refractivity contribution in [3.05, 3.63) is 137 Å². The van der Waals surface area contributed by atoms with E-state index in [1.807, 2.05) is 30.5 Å². The molecule has 1 aliphatic carbocycles. The van der Waals surface area contributed by atoms with Crippen LogP contribution in [0.4, 0.5) is 0 Å². The summed E-state index contributed by atoms with van der Waals surface area (Å²) in [5.74, 6) is 0.297. The van der Waals surface area contributed by atoms with E-state index in [0.29, 0.717) is 5.75 Å². The van der Waals surface area contributed by atoms with E-state index in [1.165, 1.54) is 33.0 Å². The number of pyridine rings is 1. The first-order valence-corrected chi connectivity index (χ1v) is 13.5. The van der Waals surface area contributed by atoms with Crippen LogP contribution in [0.3, 0.4) is 0 Å². The summed E-state index contributed by atoms with van der Waals surface area (Å²) in [5.41, 5.74) is 11.4. The number of allylic oxidation sites excluding steroid dienone is 2. The number of phenols is 1. The number of hydrogen-bond donors (Lipinski definition) is 2. The highest BCUT2D eigenvalue weighted by Crippen LogP contribution is 2.50. The van der Waals surface area contributed by atoms with Gasteiger partial charge in [0.2, 0.25) is 0 Å². The van der Waals surface area contributed by atoms with Crippen molar-refractivity contribution >= 4 is 16.5 Å². The molecule has 1 atom stereocenters. The number of para-hydroxylation sites is 1. The summed E-state index contributed by atoms with van der Waals surface area (Å²) < 4.78 is 0. The molecule has 0 radical (unpaired) electrons. The number of aromatic nitrogens is 1. The monoisotopic (exact) mass is 506 g/mol. The highest BCUT2D eigenvalue weighted by molar-refractivity contribution is 6.07. The van der Waals surface area contributed by atoms with Crippen molar-refractivity contribution in [1.29, 1.82) is 0 Å². The second-order valence-corrected chi connectivity index (χ2v) is 11.1. The van der Waals surface area contributed by atoms with Gasteiger partial charge in [0.1, 0.15) is 5.75 Å². The van der Waals surface area contributed by atoms with Crippen LogP contribution in [-0.2, 0) is 5.41 Å². The van der Waals surface area contributed by atoms with E-state index in [-0.39, 0.29) is 11.5 Å². The van der Waals surface area contributed by atoms with Crippen molar-refractivity contribution in [2.45, 2.75) is 32.2 Å². The fraction of sp³-hybridized carbons (Fsp3) is 0.139. The summed E-state index contributed by atoms with van der Waals surface area (Å²) in [6.07, 6.45) is 6.39. The molecule has 39 heavy (non-hydrogen) atoms. The molecule has 1 aliphatic heterocycles. The summed E-state index contributed by atoms with van der Waals surface area (Å²) in [7, 11) is 0. The van der Waals surface area contributed by atoms with E-state index in [2.05, 4.69) is 98.9 Å². The SMILES string of the molecule is Cc1ccc(-c2cccc(C3=CC=C4C(N3)c3ncccc3C4(C)C)c2)c2cccc(-c3ccccc3O)c12. The van der Waals surface area contributed by atoms with Crippen LogP contribution in [0.25, 0.3) is 38.7 Å². The predicted molar refractivity (Wildman–Crippen MR) is 160 cm³/mol. The van der Waals surface area contributed by atoms with Crippen LogP contribution in [0.1, 0.15) is 42.3 Å². The van der Waals surface area contributed by atoms with Gasteiger partial charge in [-0.15, -0.1) is 0 Å². The summed E-state index contributed by atoms with van der Waals surface area (Å²) in [5, 5.41) is 16.8. The van der Waals surface area contributed by atoms with E-state index in [1.54, 1.807) is 6.07 Å². The Morgan fingerprint density at radius 2 is 1.56 bits per heavy atom. The molecule has 0 fully saturated rings. The van der Waals surface area contributed by atoms with Crippen LogP contribution < -0.4 is 5.32 Å². The Hall–Kier alpha value is -4.63. The van der Waals surface area contributed by atoms with Crippen molar-refractivity contribution in [1.82, 2.24) is 10.3 Å². The van der Waals surface area contributed by atoms with Gasteiger partial charge in [0.25, 0.3) is 0 Å². The van der Waals surface area contributed by atoms with Gasteiger partial charge in [-0.1, -0.05) is 92.7 Å².